The van der Waals surface area contributed by atoms with Gasteiger partial charge in [-0.05, 0) is 46.6 Å². The molecule has 92 valence electrons. The molecule has 0 aliphatic heterocycles. The van der Waals surface area contributed by atoms with Crippen molar-refractivity contribution in [1.29, 1.82) is 0 Å². The number of halogens is 1. The largest absolute Gasteiger partial charge is 0.468 e. The van der Waals surface area contributed by atoms with Crippen molar-refractivity contribution in [2.24, 2.45) is 0 Å². The number of hydrogen-bond donors (Lipinski definition) is 2. The summed E-state index contributed by atoms with van der Waals surface area (Å²) in [6.07, 6.45) is 1.62. The molecule has 0 bridgehead atoms. The minimum atomic E-state index is -0.147. The van der Waals surface area contributed by atoms with Crippen molar-refractivity contribution in [3.8, 4) is 0 Å². The molecule has 0 aliphatic carbocycles. The Hall–Kier alpha value is -0.620. The number of rotatable bonds is 5. The van der Waals surface area contributed by atoms with Gasteiger partial charge in [-0.2, -0.15) is 0 Å². The van der Waals surface area contributed by atoms with E-state index in [2.05, 4.69) is 34.2 Å². The fourth-order valence-electron chi connectivity index (χ4n) is 1.58. The highest BCUT2D eigenvalue weighted by molar-refractivity contribution is 9.11. The van der Waals surface area contributed by atoms with Gasteiger partial charge in [0, 0.05) is 11.4 Å². The van der Waals surface area contributed by atoms with Crippen LogP contribution < -0.4 is 5.32 Å². The van der Waals surface area contributed by atoms with Gasteiger partial charge in [0.15, 0.2) is 0 Å². The highest BCUT2D eigenvalue weighted by atomic mass is 79.9. The Labute approximate surface area is 113 Å². The van der Waals surface area contributed by atoms with Gasteiger partial charge in [-0.25, -0.2) is 0 Å². The lowest BCUT2D eigenvalue weighted by atomic mass is 10.2. The predicted octanol–water partition coefficient (Wildman–Crippen LogP) is 3.24. The molecule has 2 aromatic heterocycles. The van der Waals surface area contributed by atoms with Gasteiger partial charge in [0.25, 0.3) is 0 Å². The third-order valence-electron chi connectivity index (χ3n) is 2.50. The number of furan rings is 1. The van der Waals surface area contributed by atoms with E-state index in [-0.39, 0.29) is 12.6 Å². The third kappa shape index (κ3) is 3.19. The average molecular weight is 316 g/mol. The van der Waals surface area contributed by atoms with E-state index in [0.29, 0.717) is 0 Å². The summed E-state index contributed by atoms with van der Waals surface area (Å²) in [5.41, 5.74) is 1.24. The maximum atomic E-state index is 9.31. The zero-order valence-corrected chi connectivity index (χ0v) is 11.8. The molecule has 0 aliphatic rings. The second-order valence-corrected chi connectivity index (χ2v) is 6.26. The van der Waals surface area contributed by atoms with Crippen LogP contribution in [0.2, 0.25) is 0 Å². The molecular weight excluding hydrogens is 302 g/mol. The van der Waals surface area contributed by atoms with Crippen molar-refractivity contribution in [2.45, 2.75) is 19.5 Å². The molecule has 2 rings (SSSR count). The lowest BCUT2D eigenvalue weighted by Crippen LogP contribution is -2.23. The van der Waals surface area contributed by atoms with Crippen LogP contribution in [0.4, 0.5) is 0 Å². The van der Waals surface area contributed by atoms with Crippen LogP contribution >= 0.6 is 27.3 Å². The molecular formula is C12H14BrNO2S. The van der Waals surface area contributed by atoms with Crippen LogP contribution in [0.5, 0.6) is 0 Å². The molecule has 1 atom stereocenters. The molecule has 17 heavy (non-hydrogen) atoms. The zero-order chi connectivity index (χ0) is 12.3. The Morgan fingerprint density at radius 3 is 2.94 bits per heavy atom. The normalized spacial score (nSPS) is 12.9. The number of thiophene rings is 1. The van der Waals surface area contributed by atoms with Crippen LogP contribution in [0.25, 0.3) is 0 Å². The number of hydrogen-bond acceptors (Lipinski definition) is 4. The lowest BCUT2D eigenvalue weighted by molar-refractivity contribution is 0.226. The maximum absolute atomic E-state index is 9.31. The first-order chi connectivity index (χ1) is 8.20. The fraction of sp³-hybridized carbons (Fsp3) is 0.333. The van der Waals surface area contributed by atoms with E-state index >= 15 is 0 Å². The molecule has 2 heterocycles. The Balaban J connectivity index is 1.97. The summed E-state index contributed by atoms with van der Waals surface area (Å²) < 4.78 is 6.44. The minimum absolute atomic E-state index is 0.0268. The zero-order valence-electron chi connectivity index (χ0n) is 9.44. The van der Waals surface area contributed by atoms with Crippen molar-refractivity contribution in [3.63, 3.8) is 0 Å². The molecule has 0 saturated carbocycles. The van der Waals surface area contributed by atoms with E-state index < -0.39 is 0 Å². The Morgan fingerprint density at radius 2 is 2.41 bits per heavy atom. The predicted molar refractivity (Wildman–Crippen MR) is 72.1 cm³/mol. The maximum Gasteiger partial charge on any atom is 0.123 e. The van der Waals surface area contributed by atoms with Gasteiger partial charge in [0.05, 0.1) is 22.7 Å². The highest BCUT2D eigenvalue weighted by Crippen LogP contribution is 2.27. The Kier molecular flexibility index (Phi) is 4.39. The summed E-state index contributed by atoms with van der Waals surface area (Å²) in [5, 5.41) is 12.6. The van der Waals surface area contributed by atoms with Gasteiger partial charge in [-0.15, -0.1) is 11.3 Å². The fourth-order valence-corrected chi connectivity index (χ4v) is 3.16. The third-order valence-corrected chi connectivity index (χ3v) is 4.64. The topological polar surface area (TPSA) is 45.4 Å². The number of aliphatic hydroxyl groups excluding tert-OH is 1. The van der Waals surface area contributed by atoms with E-state index in [4.69, 9.17) is 4.42 Å². The van der Waals surface area contributed by atoms with Gasteiger partial charge in [0.2, 0.25) is 0 Å². The summed E-state index contributed by atoms with van der Waals surface area (Å²) in [4.78, 5) is 1.24. The van der Waals surface area contributed by atoms with Gasteiger partial charge in [-0.1, -0.05) is 0 Å². The Bertz CT molecular complexity index is 447. The summed E-state index contributed by atoms with van der Waals surface area (Å²) in [7, 11) is 0. The molecule has 0 radical (unpaired) electrons. The van der Waals surface area contributed by atoms with Crippen LogP contribution in [-0.2, 0) is 6.54 Å². The van der Waals surface area contributed by atoms with Crippen molar-refractivity contribution in [2.75, 3.05) is 6.61 Å². The summed E-state index contributed by atoms with van der Waals surface area (Å²) in [6, 6.07) is 5.68. The monoisotopic (exact) mass is 315 g/mol. The second-order valence-electron chi connectivity index (χ2n) is 3.80. The molecule has 1 unspecified atom stereocenters. The molecule has 5 heteroatoms. The SMILES string of the molecule is Cc1cc(CNC(CO)c2ccco2)sc1Br. The van der Waals surface area contributed by atoms with Crippen molar-refractivity contribution < 1.29 is 9.52 Å². The number of nitrogens with one attached hydrogen (secondary N) is 1. The van der Waals surface area contributed by atoms with Gasteiger partial charge >= 0.3 is 0 Å². The van der Waals surface area contributed by atoms with Crippen molar-refractivity contribution in [3.05, 3.63) is 44.4 Å². The van der Waals surface area contributed by atoms with Crippen LogP contribution in [0.1, 0.15) is 22.2 Å². The van der Waals surface area contributed by atoms with Crippen LogP contribution in [-0.4, -0.2) is 11.7 Å². The summed E-state index contributed by atoms with van der Waals surface area (Å²) >= 11 is 5.21. The van der Waals surface area contributed by atoms with Crippen molar-refractivity contribution >= 4 is 27.3 Å². The van der Waals surface area contributed by atoms with E-state index in [1.54, 1.807) is 17.6 Å². The first-order valence-corrected chi connectivity index (χ1v) is 6.94. The molecule has 0 spiro atoms. The molecule has 3 nitrogen and oxygen atoms in total. The minimum Gasteiger partial charge on any atom is -0.468 e. The van der Waals surface area contributed by atoms with Crippen LogP contribution in [0, 0.1) is 6.92 Å². The molecule has 2 aromatic rings. The quantitative estimate of drug-likeness (QED) is 0.890. The number of aryl methyl sites for hydroxylation is 1. The van der Waals surface area contributed by atoms with E-state index in [9.17, 15) is 5.11 Å². The first kappa shape index (κ1) is 12.8. The second kappa shape index (κ2) is 5.82. The van der Waals surface area contributed by atoms with E-state index in [0.717, 1.165) is 16.1 Å². The molecule has 0 saturated heterocycles. The smallest absolute Gasteiger partial charge is 0.123 e. The Morgan fingerprint density at radius 1 is 1.59 bits per heavy atom. The van der Waals surface area contributed by atoms with Gasteiger partial charge < -0.3 is 14.8 Å². The summed E-state index contributed by atoms with van der Waals surface area (Å²) in [6.45, 7) is 2.82. The molecule has 0 fully saturated rings. The number of aliphatic hydroxyl groups is 1. The first-order valence-electron chi connectivity index (χ1n) is 5.33. The highest BCUT2D eigenvalue weighted by Gasteiger charge is 2.13. The van der Waals surface area contributed by atoms with Gasteiger partial charge in [0.1, 0.15) is 5.76 Å². The standard InChI is InChI=1S/C12H14BrNO2S/c1-8-5-9(17-12(8)13)6-14-10(7-15)11-3-2-4-16-11/h2-5,10,14-15H,6-7H2,1H3. The lowest BCUT2D eigenvalue weighted by Gasteiger charge is -2.12. The van der Waals surface area contributed by atoms with Crippen molar-refractivity contribution in [1.82, 2.24) is 5.32 Å². The van der Waals surface area contributed by atoms with E-state index in [1.807, 2.05) is 12.1 Å². The molecule has 0 aromatic carbocycles. The van der Waals surface area contributed by atoms with Crippen LogP contribution in [0.3, 0.4) is 0 Å². The average Bonchev–Trinajstić information content (AvgIpc) is 2.92. The molecule has 0 amide bonds. The molecule has 2 N–H and O–H groups in total. The summed E-state index contributed by atoms with van der Waals surface area (Å²) in [5.74, 6) is 0.764. The van der Waals surface area contributed by atoms with Gasteiger partial charge in [-0.3, -0.25) is 0 Å². The van der Waals surface area contributed by atoms with E-state index in [1.165, 1.54) is 10.4 Å². The van der Waals surface area contributed by atoms with Crippen LogP contribution in [0.15, 0.2) is 32.7 Å².